The lowest BCUT2D eigenvalue weighted by molar-refractivity contribution is -0.121. The summed E-state index contributed by atoms with van der Waals surface area (Å²) >= 11 is 1.43. The SMILES string of the molecule is Cc1cc(C)nc(S[C@H](C(=O)NC2CCCCC2)c2ccccc2)n1. The van der Waals surface area contributed by atoms with Crippen LogP contribution in [0.15, 0.2) is 41.6 Å². The van der Waals surface area contributed by atoms with Gasteiger partial charge in [0.1, 0.15) is 5.25 Å². The van der Waals surface area contributed by atoms with Gasteiger partial charge in [-0.05, 0) is 38.3 Å². The van der Waals surface area contributed by atoms with Gasteiger partial charge >= 0.3 is 0 Å². The zero-order chi connectivity index (χ0) is 17.6. The van der Waals surface area contributed by atoms with Gasteiger partial charge in [0, 0.05) is 17.4 Å². The molecule has 1 N–H and O–H groups in total. The Balaban J connectivity index is 1.80. The van der Waals surface area contributed by atoms with Crippen molar-refractivity contribution < 1.29 is 4.79 Å². The number of carbonyl (C=O) groups excluding carboxylic acids is 1. The van der Waals surface area contributed by atoms with Crippen molar-refractivity contribution in [2.45, 2.75) is 62.4 Å². The largest absolute Gasteiger partial charge is 0.352 e. The van der Waals surface area contributed by atoms with Crippen LogP contribution in [-0.2, 0) is 4.79 Å². The average Bonchev–Trinajstić information content (AvgIpc) is 2.60. The van der Waals surface area contributed by atoms with Crippen LogP contribution in [0.5, 0.6) is 0 Å². The van der Waals surface area contributed by atoms with Crippen molar-refractivity contribution in [2.75, 3.05) is 0 Å². The molecule has 1 amide bonds. The van der Waals surface area contributed by atoms with Gasteiger partial charge in [-0.15, -0.1) is 0 Å². The van der Waals surface area contributed by atoms with Gasteiger partial charge in [0.2, 0.25) is 5.91 Å². The number of thioether (sulfide) groups is 1. The van der Waals surface area contributed by atoms with Crippen LogP contribution in [0.25, 0.3) is 0 Å². The van der Waals surface area contributed by atoms with Crippen molar-refractivity contribution in [1.29, 1.82) is 0 Å². The Bertz CT molecular complexity index is 694. The molecule has 0 spiro atoms. The van der Waals surface area contributed by atoms with E-state index >= 15 is 0 Å². The third-order valence-corrected chi connectivity index (χ3v) is 5.59. The lowest BCUT2D eigenvalue weighted by Crippen LogP contribution is -2.38. The van der Waals surface area contributed by atoms with Gasteiger partial charge in [0.25, 0.3) is 0 Å². The van der Waals surface area contributed by atoms with E-state index in [9.17, 15) is 4.79 Å². The van der Waals surface area contributed by atoms with E-state index in [1.54, 1.807) is 0 Å². The second kappa shape index (κ2) is 8.48. The Kier molecular flexibility index (Phi) is 6.08. The molecule has 0 saturated heterocycles. The van der Waals surface area contributed by atoms with Gasteiger partial charge in [0.15, 0.2) is 5.16 Å². The van der Waals surface area contributed by atoms with Crippen LogP contribution in [0.2, 0.25) is 0 Å². The third kappa shape index (κ3) is 5.05. The van der Waals surface area contributed by atoms with Crippen LogP contribution in [0.4, 0.5) is 0 Å². The fourth-order valence-electron chi connectivity index (χ4n) is 3.28. The molecule has 1 saturated carbocycles. The maximum absolute atomic E-state index is 13.0. The van der Waals surface area contributed by atoms with Crippen LogP contribution < -0.4 is 5.32 Å². The van der Waals surface area contributed by atoms with Crippen molar-refractivity contribution in [3.63, 3.8) is 0 Å². The van der Waals surface area contributed by atoms with Crippen LogP contribution in [-0.4, -0.2) is 21.9 Å². The Morgan fingerprint density at radius 2 is 1.72 bits per heavy atom. The normalized spacial score (nSPS) is 16.4. The second-order valence-corrected chi connectivity index (χ2v) is 7.76. The first kappa shape index (κ1) is 17.9. The van der Waals surface area contributed by atoms with Gasteiger partial charge in [0.05, 0.1) is 0 Å². The highest BCUT2D eigenvalue weighted by Gasteiger charge is 2.26. The van der Waals surface area contributed by atoms with Crippen molar-refractivity contribution in [1.82, 2.24) is 15.3 Å². The van der Waals surface area contributed by atoms with Crippen LogP contribution in [0, 0.1) is 13.8 Å². The Morgan fingerprint density at radius 1 is 1.08 bits per heavy atom. The summed E-state index contributed by atoms with van der Waals surface area (Å²) in [5, 5.41) is 3.58. The third-order valence-electron chi connectivity index (χ3n) is 4.48. The van der Waals surface area contributed by atoms with E-state index in [2.05, 4.69) is 15.3 Å². The zero-order valence-corrected chi connectivity index (χ0v) is 15.7. The summed E-state index contributed by atoms with van der Waals surface area (Å²) in [6.07, 6.45) is 5.85. The summed E-state index contributed by atoms with van der Waals surface area (Å²) < 4.78 is 0. The predicted molar refractivity (Wildman–Crippen MR) is 102 cm³/mol. The Morgan fingerprint density at radius 3 is 2.36 bits per heavy atom. The van der Waals surface area contributed by atoms with Crippen LogP contribution >= 0.6 is 11.8 Å². The molecule has 132 valence electrons. The monoisotopic (exact) mass is 355 g/mol. The molecule has 1 atom stereocenters. The fraction of sp³-hybridized carbons (Fsp3) is 0.450. The van der Waals surface area contributed by atoms with E-state index in [1.807, 2.05) is 50.2 Å². The number of rotatable bonds is 5. The van der Waals surface area contributed by atoms with Gasteiger partial charge in [-0.2, -0.15) is 0 Å². The highest BCUT2D eigenvalue weighted by Crippen LogP contribution is 2.34. The molecular formula is C20H25N3OS. The van der Waals surface area contributed by atoms with E-state index in [1.165, 1.54) is 31.0 Å². The number of nitrogens with zero attached hydrogens (tertiary/aromatic N) is 2. The van der Waals surface area contributed by atoms with E-state index < -0.39 is 0 Å². The average molecular weight is 356 g/mol. The number of carbonyl (C=O) groups is 1. The summed E-state index contributed by atoms with van der Waals surface area (Å²) in [7, 11) is 0. The fourth-order valence-corrected chi connectivity index (χ4v) is 4.35. The molecule has 0 unspecified atom stereocenters. The first-order valence-electron chi connectivity index (χ1n) is 8.96. The first-order valence-corrected chi connectivity index (χ1v) is 9.84. The maximum atomic E-state index is 13.0. The molecule has 5 heteroatoms. The molecule has 2 aromatic rings. The van der Waals surface area contributed by atoms with Crippen molar-refractivity contribution in [3.8, 4) is 0 Å². The molecule has 1 heterocycles. The summed E-state index contributed by atoms with van der Waals surface area (Å²) in [4.78, 5) is 22.0. The molecule has 25 heavy (non-hydrogen) atoms. The van der Waals surface area contributed by atoms with E-state index in [0.717, 1.165) is 29.8 Å². The van der Waals surface area contributed by atoms with Crippen LogP contribution in [0.3, 0.4) is 0 Å². The first-order chi connectivity index (χ1) is 12.1. The highest BCUT2D eigenvalue weighted by molar-refractivity contribution is 8.00. The number of aromatic nitrogens is 2. The predicted octanol–water partition coefficient (Wildman–Crippen LogP) is 4.38. The van der Waals surface area contributed by atoms with E-state index in [0.29, 0.717) is 11.2 Å². The van der Waals surface area contributed by atoms with Crippen molar-refractivity contribution >= 4 is 17.7 Å². The minimum atomic E-state index is -0.329. The molecule has 4 nitrogen and oxygen atoms in total. The molecule has 0 bridgehead atoms. The van der Waals surface area contributed by atoms with Crippen LogP contribution in [0.1, 0.15) is 54.3 Å². The quantitative estimate of drug-likeness (QED) is 0.639. The number of benzene rings is 1. The maximum Gasteiger partial charge on any atom is 0.238 e. The molecular weight excluding hydrogens is 330 g/mol. The molecule has 0 radical (unpaired) electrons. The summed E-state index contributed by atoms with van der Waals surface area (Å²) in [5.74, 6) is 0.0610. The number of hydrogen-bond acceptors (Lipinski definition) is 4. The number of hydrogen-bond donors (Lipinski definition) is 1. The van der Waals surface area contributed by atoms with E-state index in [-0.39, 0.29) is 11.2 Å². The Hall–Kier alpha value is -1.88. The number of aryl methyl sites for hydroxylation is 2. The summed E-state index contributed by atoms with van der Waals surface area (Å²) in [6.45, 7) is 3.91. The molecule has 1 aliphatic rings. The van der Waals surface area contributed by atoms with Crippen molar-refractivity contribution in [3.05, 3.63) is 53.3 Å². The Labute approximate surface area is 153 Å². The molecule has 1 aromatic heterocycles. The highest BCUT2D eigenvalue weighted by atomic mass is 32.2. The molecule has 1 fully saturated rings. The summed E-state index contributed by atoms with van der Waals surface area (Å²) in [6, 6.07) is 12.2. The molecule has 1 aromatic carbocycles. The topological polar surface area (TPSA) is 54.9 Å². The summed E-state index contributed by atoms with van der Waals surface area (Å²) in [5.41, 5.74) is 2.84. The minimum absolute atomic E-state index is 0.0610. The molecule has 1 aliphatic carbocycles. The lowest BCUT2D eigenvalue weighted by Gasteiger charge is -2.25. The lowest BCUT2D eigenvalue weighted by atomic mass is 9.95. The molecule has 3 rings (SSSR count). The van der Waals surface area contributed by atoms with Gasteiger partial charge < -0.3 is 5.32 Å². The van der Waals surface area contributed by atoms with Crippen molar-refractivity contribution in [2.24, 2.45) is 0 Å². The van der Waals surface area contributed by atoms with E-state index in [4.69, 9.17) is 0 Å². The second-order valence-electron chi connectivity index (χ2n) is 6.69. The van der Waals surface area contributed by atoms with Gasteiger partial charge in [-0.3, -0.25) is 4.79 Å². The molecule has 0 aliphatic heterocycles. The smallest absolute Gasteiger partial charge is 0.238 e. The zero-order valence-electron chi connectivity index (χ0n) is 14.9. The van der Waals surface area contributed by atoms with Gasteiger partial charge in [-0.25, -0.2) is 9.97 Å². The standard InChI is InChI=1S/C20H25N3OS/c1-14-13-15(2)22-20(21-14)25-18(16-9-5-3-6-10-16)19(24)23-17-11-7-4-8-12-17/h3,5-6,9-10,13,17-18H,4,7-8,11-12H2,1-2H3,(H,23,24)/t18-/m0/s1. The number of amides is 1. The number of nitrogens with one attached hydrogen (secondary N) is 1. The minimum Gasteiger partial charge on any atom is -0.352 e. The van der Waals surface area contributed by atoms with Gasteiger partial charge in [-0.1, -0.05) is 61.4 Å².